The number of nitrogens with zero attached hydrogens (tertiary/aromatic N) is 1. The number of sulfonamides is 1. The van der Waals surface area contributed by atoms with Gasteiger partial charge in [-0.25, -0.2) is 21.6 Å². The Morgan fingerprint density at radius 3 is 2.30 bits per heavy atom. The van der Waals surface area contributed by atoms with Gasteiger partial charge in [0.2, 0.25) is 10.0 Å². The molecule has 5 nitrogen and oxygen atoms in total. The predicted molar refractivity (Wildman–Crippen MR) is 91.2 cm³/mol. The van der Waals surface area contributed by atoms with Crippen molar-refractivity contribution in [2.45, 2.75) is 36.2 Å². The van der Waals surface area contributed by atoms with Crippen molar-refractivity contribution in [3.8, 4) is 0 Å². The van der Waals surface area contributed by atoms with Crippen molar-refractivity contribution in [1.29, 1.82) is 0 Å². The quantitative estimate of drug-likeness (QED) is 0.807. The zero-order valence-corrected chi connectivity index (χ0v) is 14.8. The normalized spacial score (nSPS) is 23.7. The fourth-order valence-corrected chi connectivity index (χ4v) is 5.47. The molecule has 2 aromatic rings. The summed E-state index contributed by atoms with van der Waals surface area (Å²) in [6.45, 7) is 0. The molecule has 1 saturated heterocycles. The van der Waals surface area contributed by atoms with Gasteiger partial charge in [0.15, 0.2) is 11.6 Å². The number of carbonyl (C=O) groups is 1. The topological polar surface area (TPSA) is 66.2 Å². The Bertz CT molecular complexity index is 1030. The molecule has 0 bridgehead atoms. The molecule has 1 saturated carbocycles. The highest BCUT2D eigenvalue weighted by atomic mass is 32.2. The van der Waals surface area contributed by atoms with E-state index in [-0.39, 0.29) is 22.7 Å². The Kier molecular flexibility index (Phi) is 4.23. The van der Waals surface area contributed by atoms with Crippen LogP contribution in [0.15, 0.2) is 41.3 Å². The van der Waals surface area contributed by atoms with Crippen molar-refractivity contribution in [3.05, 3.63) is 59.4 Å². The van der Waals surface area contributed by atoms with E-state index in [1.54, 1.807) is 0 Å². The number of piperidine rings is 1. The predicted octanol–water partition coefficient (Wildman–Crippen LogP) is 3.28. The summed E-state index contributed by atoms with van der Waals surface area (Å²) in [5.74, 6) is -4.13. The van der Waals surface area contributed by atoms with Crippen molar-refractivity contribution in [2.75, 3.05) is 5.32 Å². The van der Waals surface area contributed by atoms with Crippen LogP contribution >= 0.6 is 0 Å². The monoisotopic (exact) mass is 396 g/mol. The molecule has 27 heavy (non-hydrogen) atoms. The zero-order chi connectivity index (χ0) is 19.3. The standard InChI is InChI=1S/C18H15F3N2O3S/c19-13-7-5-11(27(25,26)23-16-2-1-3-17(16)23)9-12(13)18(24)22-10-4-6-14(20)15(21)8-10/h4-9,16-17H,1-3H2,(H,22,24). The molecule has 0 aromatic heterocycles. The van der Waals surface area contributed by atoms with Crippen molar-refractivity contribution in [2.24, 2.45) is 0 Å². The molecule has 2 aromatic carbocycles. The first-order valence-corrected chi connectivity index (χ1v) is 9.82. The number of anilines is 1. The van der Waals surface area contributed by atoms with E-state index >= 15 is 0 Å². The second-order valence-electron chi connectivity index (χ2n) is 6.63. The summed E-state index contributed by atoms with van der Waals surface area (Å²) in [5, 5.41) is 2.24. The lowest BCUT2D eigenvalue weighted by atomic mass is 10.2. The molecule has 0 spiro atoms. The molecule has 0 radical (unpaired) electrons. The Hall–Kier alpha value is -2.39. The lowest BCUT2D eigenvalue weighted by molar-refractivity contribution is 0.102. The molecule has 9 heteroatoms. The van der Waals surface area contributed by atoms with Crippen LogP contribution < -0.4 is 5.32 Å². The van der Waals surface area contributed by atoms with Gasteiger partial charge >= 0.3 is 0 Å². The van der Waals surface area contributed by atoms with Gasteiger partial charge in [0.25, 0.3) is 5.91 Å². The van der Waals surface area contributed by atoms with Crippen LogP contribution in [0.25, 0.3) is 0 Å². The molecule has 142 valence electrons. The van der Waals surface area contributed by atoms with E-state index in [2.05, 4.69) is 5.32 Å². The number of halogens is 3. The lowest BCUT2D eigenvalue weighted by Crippen LogP contribution is -2.20. The van der Waals surface area contributed by atoms with Gasteiger partial charge in [-0.1, -0.05) is 6.42 Å². The van der Waals surface area contributed by atoms with E-state index in [1.807, 2.05) is 0 Å². The summed E-state index contributed by atoms with van der Waals surface area (Å²) < 4.78 is 67.1. The number of nitrogens with one attached hydrogen (secondary N) is 1. The Labute approximate surface area is 153 Å². The maximum absolute atomic E-state index is 14.1. The lowest BCUT2D eigenvalue weighted by Gasteiger charge is -2.11. The molecule has 1 amide bonds. The first-order chi connectivity index (χ1) is 12.8. The maximum Gasteiger partial charge on any atom is 0.258 e. The molecule has 1 aliphatic carbocycles. The van der Waals surface area contributed by atoms with E-state index < -0.39 is 38.9 Å². The van der Waals surface area contributed by atoms with Crippen LogP contribution in [0.1, 0.15) is 29.6 Å². The van der Waals surface area contributed by atoms with Gasteiger partial charge < -0.3 is 5.32 Å². The van der Waals surface area contributed by atoms with Crippen LogP contribution in [0.3, 0.4) is 0 Å². The molecule has 2 aliphatic rings. The fraction of sp³-hybridized carbons (Fsp3) is 0.278. The molecule has 1 N–H and O–H groups in total. The van der Waals surface area contributed by atoms with E-state index in [0.29, 0.717) is 0 Å². The average molecular weight is 396 g/mol. The van der Waals surface area contributed by atoms with E-state index in [9.17, 15) is 26.4 Å². The molecular weight excluding hydrogens is 381 g/mol. The molecular formula is C18H15F3N2O3S. The number of hydrogen-bond donors (Lipinski definition) is 1. The first-order valence-electron chi connectivity index (χ1n) is 8.38. The van der Waals surface area contributed by atoms with Crippen LogP contribution in [0.2, 0.25) is 0 Å². The number of rotatable bonds is 4. The van der Waals surface area contributed by atoms with Gasteiger partial charge in [0, 0.05) is 23.8 Å². The molecule has 2 fully saturated rings. The minimum Gasteiger partial charge on any atom is -0.322 e. The maximum atomic E-state index is 14.1. The third-order valence-corrected chi connectivity index (χ3v) is 6.89. The summed E-state index contributed by atoms with van der Waals surface area (Å²) in [6, 6.07) is 5.66. The van der Waals surface area contributed by atoms with Crippen LogP contribution in [-0.4, -0.2) is 30.7 Å². The third kappa shape index (κ3) is 3.10. The number of benzene rings is 2. The van der Waals surface area contributed by atoms with Crippen LogP contribution in [0.5, 0.6) is 0 Å². The van der Waals surface area contributed by atoms with Crippen molar-refractivity contribution in [1.82, 2.24) is 4.31 Å². The van der Waals surface area contributed by atoms with Gasteiger partial charge in [0.05, 0.1) is 10.5 Å². The number of carbonyl (C=O) groups excluding carboxylic acids is 1. The molecule has 1 aliphatic heterocycles. The van der Waals surface area contributed by atoms with Crippen LogP contribution in [0.4, 0.5) is 18.9 Å². The summed E-state index contributed by atoms with van der Waals surface area (Å²) in [4.78, 5) is 12.1. The molecule has 1 heterocycles. The van der Waals surface area contributed by atoms with Crippen molar-refractivity contribution < 1.29 is 26.4 Å². The first kappa shape index (κ1) is 18.0. The Morgan fingerprint density at radius 2 is 1.63 bits per heavy atom. The summed E-state index contributed by atoms with van der Waals surface area (Å²) >= 11 is 0. The van der Waals surface area contributed by atoms with Crippen molar-refractivity contribution in [3.63, 3.8) is 0 Å². The highest BCUT2D eigenvalue weighted by molar-refractivity contribution is 7.89. The fourth-order valence-electron chi connectivity index (χ4n) is 3.57. The van der Waals surface area contributed by atoms with E-state index in [1.165, 1.54) is 4.31 Å². The minimum absolute atomic E-state index is 0.0143. The second-order valence-corrected chi connectivity index (χ2v) is 8.47. The van der Waals surface area contributed by atoms with Crippen LogP contribution in [0, 0.1) is 17.5 Å². The number of hydrogen-bond acceptors (Lipinski definition) is 3. The number of fused-ring (bicyclic) bond motifs is 1. The highest BCUT2D eigenvalue weighted by Gasteiger charge is 2.57. The molecule has 4 rings (SSSR count). The Morgan fingerprint density at radius 1 is 0.963 bits per heavy atom. The largest absolute Gasteiger partial charge is 0.322 e. The van der Waals surface area contributed by atoms with E-state index in [0.717, 1.165) is 55.7 Å². The summed E-state index contributed by atoms with van der Waals surface area (Å²) in [5.41, 5.74) is -0.570. The van der Waals surface area contributed by atoms with Gasteiger partial charge in [-0.2, -0.15) is 4.31 Å². The number of amides is 1. The summed E-state index contributed by atoms with van der Waals surface area (Å²) in [7, 11) is -3.81. The zero-order valence-electron chi connectivity index (χ0n) is 14.0. The summed E-state index contributed by atoms with van der Waals surface area (Å²) in [6.07, 6.45) is 2.58. The van der Waals surface area contributed by atoms with Crippen LogP contribution in [-0.2, 0) is 10.0 Å². The molecule has 2 atom stereocenters. The van der Waals surface area contributed by atoms with Gasteiger partial charge in [0.1, 0.15) is 5.82 Å². The molecule has 2 unspecified atom stereocenters. The SMILES string of the molecule is O=C(Nc1ccc(F)c(F)c1)c1cc(S(=O)(=O)N2C3CCCC32)ccc1F. The van der Waals surface area contributed by atoms with Gasteiger partial charge in [-0.3, -0.25) is 4.79 Å². The third-order valence-electron chi connectivity index (χ3n) is 4.94. The Balaban J connectivity index is 1.60. The van der Waals surface area contributed by atoms with Gasteiger partial charge in [-0.15, -0.1) is 0 Å². The van der Waals surface area contributed by atoms with E-state index in [4.69, 9.17) is 0 Å². The second kappa shape index (κ2) is 6.35. The average Bonchev–Trinajstić information content (AvgIpc) is 3.13. The van der Waals surface area contributed by atoms with Gasteiger partial charge in [-0.05, 0) is 43.2 Å². The smallest absolute Gasteiger partial charge is 0.258 e. The van der Waals surface area contributed by atoms with Crippen molar-refractivity contribution >= 4 is 21.6 Å². The highest BCUT2D eigenvalue weighted by Crippen LogP contribution is 2.46. The minimum atomic E-state index is -3.81.